The van der Waals surface area contributed by atoms with Crippen LogP contribution in [0.4, 0.5) is 13.2 Å². The summed E-state index contributed by atoms with van der Waals surface area (Å²) in [4.78, 5) is 4.78. The molecule has 0 fully saturated rings. The van der Waals surface area contributed by atoms with E-state index < -0.39 is 15.5 Å². The van der Waals surface area contributed by atoms with Crippen molar-refractivity contribution in [2.75, 3.05) is 19.6 Å². The molecule has 2 aliphatic heterocycles. The van der Waals surface area contributed by atoms with Crippen LogP contribution >= 0.6 is 0 Å². The highest BCUT2D eigenvalue weighted by Gasteiger charge is 2.45. The van der Waals surface area contributed by atoms with Crippen molar-refractivity contribution in [1.82, 2.24) is 4.72 Å². The molecule has 0 aliphatic carbocycles. The zero-order chi connectivity index (χ0) is 21.8. The molecular weight excluding hydrogens is 417 g/mol. The normalized spacial score (nSPS) is 21.1. The third-order valence-electron chi connectivity index (χ3n) is 5.10. The second-order valence-electron chi connectivity index (χ2n) is 7.07. The molecule has 1 aromatic rings. The van der Waals surface area contributed by atoms with Crippen LogP contribution in [0.15, 0.2) is 65.4 Å². The van der Waals surface area contributed by atoms with Crippen LogP contribution in [0, 0.1) is 0 Å². The number of allylic oxidation sites excluding steroid dienone is 2. The first-order valence-electron chi connectivity index (χ1n) is 9.59. The first kappa shape index (κ1) is 22.4. The number of nitrogens with zero attached hydrogens (tertiary/aromatic N) is 2. The molecule has 0 saturated carbocycles. The number of quaternary nitrogens is 1. The predicted octanol–water partition coefficient (Wildman–Crippen LogP) is 3.24. The Morgan fingerprint density at radius 3 is 2.50 bits per heavy atom. The van der Waals surface area contributed by atoms with Crippen molar-refractivity contribution in [2.45, 2.75) is 24.8 Å². The van der Waals surface area contributed by atoms with Gasteiger partial charge in [-0.25, -0.2) is 17.6 Å². The van der Waals surface area contributed by atoms with Gasteiger partial charge in [0.1, 0.15) is 17.6 Å². The molecule has 0 radical (unpaired) electrons. The smallest absolute Gasteiger partial charge is 0.322 e. The molecule has 3 rings (SSSR count). The lowest BCUT2D eigenvalue weighted by molar-refractivity contribution is -0.744. The number of halogens is 3. The van der Waals surface area contributed by atoms with Gasteiger partial charge >= 0.3 is 15.5 Å². The lowest BCUT2D eigenvalue weighted by Crippen LogP contribution is -2.48. The van der Waals surface area contributed by atoms with Gasteiger partial charge in [0.05, 0.1) is 13.1 Å². The molecule has 0 amide bonds. The molecule has 162 valence electrons. The van der Waals surface area contributed by atoms with Gasteiger partial charge in [-0.1, -0.05) is 30.3 Å². The highest BCUT2D eigenvalue weighted by atomic mass is 32.2. The fraction of sp³-hybridized carbons (Fsp3) is 0.350. The molecule has 1 atom stereocenters. The summed E-state index contributed by atoms with van der Waals surface area (Å²) in [6, 6.07) is 9.77. The van der Waals surface area contributed by atoms with Gasteiger partial charge in [-0.3, -0.25) is 0 Å². The molecule has 1 aromatic carbocycles. The number of fused-ring (bicyclic) bond motifs is 1. The molecule has 6 nitrogen and oxygen atoms in total. The van der Waals surface area contributed by atoms with Gasteiger partial charge < -0.3 is 5.73 Å². The van der Waals surface area contributed by atoms with Crippen LogP contribution in [-0.2, 0) is 10.0 Å². The number of alkyl halides is 3. The molecule has 2 aliphatic rings. The molecule has 0 saturated heterocycles. The number of amidine groups is 1. The number of nitrogens with two attached hydrogens (primary N) is 1. The number of sulfonamides is 1. The minimum atomic E-state index is -5.29. The maximum Gasteiger partial charge on any atom is 0.511 e. The number of benzene rings is 1. The van der Waals surface area contributed by atoms with Gasteiger partial charge in [0.25, 0.3) is 0 Å². The Bertz CT molecular complexity index is 999. The van der Waals surface area contributed by atoms with Gasteiger partial charge in [-0.05, 0) is 31.4 Å². The van der Waals surface area contributed by atoms with Crippen molar-refractivity contribution in [2.24, 2.45) is 10.7 Å². The highest BCUT2D eigenvalue weighted by molar-refractivity contribution is 7.90. The summed E-state index contributed by atoms with van der Waals surface area (Å²) in [6.45, 7) is 0.718. The van der Waals surface area contributed by atoms with E-state index in [9.17, 15) is 21.6 Å². The van der Waals surface area contributed by atoms with Crippen LogP contribution < -0.4 is 10.5 Å². The van der Waals surface area contributed by atoms with E-state index in [1.807, 2.05) is 48.6 Å². The van der Waals surface area contributed by atoms with E-state index >= 15 is 0 Å². The summed E-state index contributed by atoms with van der Waals surface area (Å²) in [7, 11) is -5.29. The summed E-state index contributed by atoms with van der Waals surface area (Å²) in [5.41, 5.74) is 3.50. The van der Waals surface area contributed by atoms with E-state index in [0.29, 0.717) is 36.8 Å². The Hall–Kier alpha value is -2.27. The highest BCUT2D eigenvalue weighted by Crippen LogP contribution is 2.35. The fourth-order valence-electron chi connectivity index (χ4n) is 3.55. The minimum Gasteiger partial charge on any atom is -0.322 e. The Kier molecular flexibility index (Phi) is 6.61. The molecule has 3 N–H and O–H groups in total. The zero-order valence-corrected chi connectivity index (χ0v) is 17.1. The average Bonchev–Trinajstić information content (AvgIpc) is 3.10. The minimum absolute atomic E-state index is 0.257. The quantitative estimate of drug-likeness (QED) is 0.456. The molecular formula is C20H24F3N4O2S+. The predicted molar refractivity (Wildman–Crippen MR) is 110 cm³/mol. The van der Waals surface area contributed by atoms with E-state index in [4.69, 9.17) is 10.7 Å². The van der Waals surface area contributed by atoms with E-state index in [1.165, 1.54) is 0 Å². The number of nitrogens with one attached hydrogen (secondary N) is 1. The number of aliphatic imine (C=N–C) groups is 1. The maximum absolute atomic E-state index is 12.4. The number of rotatable bonds is 9. The summed E-state index contributed by atoms with van der Waals surface area (Å²) >= 11 is 0. The summed E-state index contributed by atoms with van der Waals surface area (Å²) in [5, 5.41) is 0. The van der Waals surface area contributed by atoms with Crippen molar-refractivity contribution < 1.29 is 26.1 Å². The third-order valence-corrected chi connectivity index (χ3v) is 6.29. The van der Waals surface area contributed by atoms with E-state index in [2.05, 4.69) is 6.20 Å². The van der Waals surface area contributed by atoms with Crippen LogP contribution in [0.25, 0.3) is 5.70 Å². The Morgan fingerprint density at radius 1 is 1.10 bits per heavy atom. The number of unbranched alkanes of at least 4 members (excludes halogenated alkanes) is 2. The van der Waals surface area contributed by atoms with Gasteiger partial charge in [0, 0.05) is 18.2 Å². The van der Waals surface area contributed by atoms with Crippen molar-refractivity contribution in [3.63, 3.8) is 0 Å². The van der Waals surface area contributed by atoms with Crippen molar-refractivity contribution in [3.05, 3.63) is 66.0 Å². The Morgan fingerprint density at radius 2 is 1.83 bits per heavy atom. The van der Waals surface area contributed by atoms with E-state index in [-0.39, 0.29) is 6.54 Å². The van der Waals surface area contributed by atoms with Gasteiger partial charge in [-0.2, -0.15) is 18.2 Å². The van der Waals surface area contributed by atoms with E-state index in [0.717, 1.165) is 22.8 Å². The largest absolute Gasteiger partial charge is 0.511 e. The first-order chi connectivity index (χ1) is 14.2. The van der Waals surface area contributed by atoms with Crippen LogP contribution in [0.1, 0.15) is 24.8 Å². The second kappa shape index (κ2) is 8.84. The van der Waals surface area contributed by atoms with Crippen LogP contribution in [0.2, 0.25) is 0 Å². The SMILES string of the molecule is NCC1=CC=CC2=NC(c3ccccc3)=C[N+]12CCCCCNS(=O)(=O)C(F)(F)F. The first-order valence-corrected chi connectivity index (χ1v) is 11.1. The van der Waals surface area contributed by atoms with Crippen LogP contribution in [0.3, 0.4) is 0 Å². The third kappa shape index (κ3) is 4.56. The van der Waals surface area contributed by atoms with Crippen molar-refractivity contribution in [1.29, 1.82) is 0 Å². The Labute approximate surface area is 173 Å². The monoisotopic (exact) mass is 441 g/mol. The van der Waals surface area contributed by atoms with E-state index in [1.54, 1.807) is 4.72 Å². The van der Waals surface area contributed by atoms with Crippen LogP contribution in [-0.4, -0.2) is 43.9 Å². The lowest BCUT2D eigenvalue weighted by Gasteiger charge is -2.34. The topological polar surface area (TPSA) is 84.5 Å². The molecule has 0 spiro atoms. The zero-order valence-electron chi connectivity index (χ0n) is 16.3. The summed E-state index contributed by atoms with van der Waals surface area (Å²) in [6.07, 6.45) is 9.38. The molecule has 1 unspecified atom stereocenters. The molecule has 10 heteroatoms. The lowest BCUT2D eigenvalue weighted by atomic mass is 10.1. The molecule has 2 heterocycles. The number of hydrogen-bond acceptors (Lipinski definition) is 4. The van der Waals surface area contributed by atoms with Crippen molar-refractivity contribution >= 4 is 21.6 Å². The summed E-state index contributed by atoms with van der Waals surface area (Å²) < 4.78 is 61.1. The second-order valence-corrected chi connectivity index (χ2v) is 8.83. The molecule has 30 heavy (non-hydrogen) atoms. The standard InChI is InChI=1S/C20H24F3N4O2S/c21-20(22,23)30(28,29)25-12-5-2-6-13-27-15-18(16-8-3-1-4-9-16)26-19(27)11-7-10-17(27)14-24/h1,3-4,7-11,15,25H,2,5-6,12-14,24H2/q+1. The molecule has 0 aromatic heterocycles. The summed E-state index contributed by atoms with van der Waals surface area (Å²) in [5.74, 6) is 0.842. The van der Waals surface area contributed by atoms with Crippen LogP contribution in [0.5, 0.6) is 0 Å². The van der Waals surface area contributed by atoms with Crippen molar-refractivity contribution in [3.8, 4) is 0 Å². The Balaban J connectivity index is 1.65. The molecule has 0 bridgehead atoms. The number of hydrogen-bond donors (Lipinski definition) is 2. The van der Waals surface area contributed by atoms with Gasteiger partial charge in [-0.15, -0.1) is 0 Å². The van der Waals surface area contributed by atoms with Gasteiger partial charge in [0.2, 0.25) is 5.84 Å². The fourth-order valence-corrected chi connectivity index (χ4v) is 4.12. The maximum atomic E-state index is 12.4. The van der Waals surface area contributed by atoms with Gasteiger partial charge in [0.15, 0.2) is 0 Å². The average molecular weight is 441 g/mol.